The zero-order chi connectivity index (χ0) is 31.8. The summed E-state index contributed by atoms with van der Waals surface area (Å²) in [5.41, 5.74) is -0.0231. The van der Waals surface area contributed by atoms with Crippen molar-refractivity contribution >= 4 is 27.5 Å². The van der Waals surface area contributed by atoms with Gasteiger partial charge >= 0.3 is 6.18 Å². The van der Waals surface area contributed by atoms with Crippen LogP contribution in [0.4, 0.5) is 18.9 Å². The molecule has 0 aliphatic rings. The van der Waals surface area contributed by atoms with Gasteiger partial charge in [-0.3, -0.25) is 13.9 Å². The third-order valence-electron chi connectivity index (χ3n) is 6.90. The van der Waals surface area contributed by atoms with Gasteiger partial charge in [0.2, 0.25) is 21.8 Å². The van der Waals surface area contributed by atoms with Gasteiger partial charge in [-0.1, -0.05) is 55.5 Å². The maximum Gasteiger partial charge on any atom is 0.416 e. The van der Waals surface area contributed by atoms with Crippen molar-refractivity contribution in [1.82, 2.24) is 10.2 Å². The van der Waals surface area contributed by atoms with Gasteiger partial charge in [0.05, 0.1) is 24.6 Å². The van der Waals surface area contributed by atoms with Crippen LogP contribution in [-0.2, 0) is 38.8 Å². The SMILES string of the molecule is CCC(C)NC(=O)C(Cc1ccccc1)N(Cc1cccc(OC)c1)C(=O)CN(c1cccc(C(F)(F)F)c1)S(C)(=O)=O. The van der Waals surface area contributed by atoms with E-state index < -0.39 is 46.2 Å². The van der Waals surface area contributed by atoms with Crippen LogP contribution < -0.4 is 14.4 Å². The van der Waals surface area contributed by atoms with Gasteiger partial charge in [0.15, 0.2) is 0 Å². The molecule has 8 nitrogen and oxygen atoms in total. The minimum atomic E-state index is -4.73. The van der Waals surface area contributed by atoms with Gasteiger partial charge in [-0.25, -0.2) is 8.42 Å². The highest BCUT2D eigenvalue weighted by atomic mass is 32.2. The molecule has 0 radical (unpaired) electrons. The van der Waals surface area contributed by atoms with Gasteiger partial charge in [-0.2, -0.15) is 13.2 Å². The Balaban J connectivity index is 2.10. The van der Waals surface area contributed by atoms with Crippen LogP contribution in [0.3, 0.4) is 0 Å². The van der Waals surface area contributed by atoms with Crippen LogP contribution in [-0.4, -0.2) is 57.1 Å². The highest BCUT2D eigenvalue weighted by molar-refractivity contribution is 7.92. The number of amides is 2. The molecular formula is C31H36F3N3O5S. The topological polar surface area (TPSA) is 96.0 Å². The number of halogens is 3. The molecule has 43 heavy (non-hydrogen) atoms. The molecule has 2 atom stereocenters. The molecule has 0 bridgehead atoms. The van der Waals surface area contributed by atoms with E-state index in [0.717, 1.165) is 24.0 Å². The Bertz CT molecular complexity index is 1500. The second-order valence-corrected chi connectivity index (χ2v) is 12.1. The van der Waals surface area contributed by atoms with Crippen LogP contribution in [0.25, 0.3) is 0 Å². The highest BCUT2D eigenvalue weighted by Gasteiger charge is 2.35. The molecule has 2 amide bonds. The number of nitrogens with one attached hydrogen (secondary N) is 1. The van der Waals surface area contributed by atoms with Crippen molar-refractivity contribution in [3.05, 3.63) is 95.6 Å². The standard InChI is InChI=1S/C31H36F3N3O5S/c1-5-22(2)35-30(39)28(18-23-11-7-6-8-12-23)36(20-24-13-9-16-27(17-24)42-3)29(38)21-37(43(4,40)41)26-15-10-14-25(19-26)31(32,33)34/h6-17,19,22,28H,5,18,20-21H2,1-4H3,(H,35,39). The van der Waals surface area contributed by atoms with Crippen molar-refractivity contribution in [2.45, 2.75) is 51.5 Å². The smallest absolute Gasteiger partial charge is 0.416 e. The molecule has 0 aliphatic carbocycles. The average Bonchev–Trinajstić information content (AvgIpc) is 2.97. The number of sulfonamides is 1. The third-order valence-corrected chi connectivity index (χ3v) is 8.04. The van der Waals surface area contributed by atoms with Gasteiger partial charge in [0.25, 0.3) is 0 Å². The van der Waals surface area contributed by atoms with E-state index in [-0.39, 0.29) is 24.7 Å². The first-order valence-electron chi connectivity index (χ1n) is 13.6. The van der Waals surface area contributed by atoms with Crippen LogP contribution >= 0.6 is 0 Å². The third kappa shape index (κ3) is 9.47. The lowest BCUT2D eigenvalue weighted by Gasteiger charge is -2.34. The largest absolute Gasteiger partial charge is 0.497 e. The zero-order valence-electron chi connectivity index (χ0n) is 24.5. The minimum Gasteiger partial charge on any atom is -0.497 e. The van der Waals surface area contributed by atoms with Crippen molar-refractivity contribution < 1.29 is 35.9 Å². The van der Waals surface area contributed by atoms with Crippen molar-refractivity contribution in [3.8, 4) is 5.75 Å². The first kappa shape index (κ1) is 33.4. The molecule has 0 aliphatic heterocycles. The van der Waals surface area contributed by atoms with Gasteiger partial charge in [0, 0.05) is 19.0 Å². The molecule has 0 saturated carbocycles. The van der Waals surface area contributed by atoms with E-state index in [1.165, 1.54) is 18.1 Å². The van der Waals surface area contributed by atoms with E-state index >= 15 is 0 Å². The fourth-order valence-electron chi connectivity index (χ4n) is 4.41. The number of alkyl halides is 3. The maximum atomic E-state index is 14.1. The number of ether oxygens (including phenoxy) is 1. The molecule has 3 rings (SSSR count). The summed E-state index contributed by atoms with van der Waals surface area (Å²) >= 11 is 0. The van der Waals surface area contributed by atoms with Gasteiger partial charge in [-0.15, -0.1) is 0 Å². The Labute approximate surface area is 250 Å². The number of benzene rings is 3. The predicted octanol–water partition coefficient (Wildman–Crippen LogP) is 5.03. The van der Waals surface area contributed by atoms with E-state index in [0.29, 0.717) is 28.1 Å². The zero-order valence-corrected chi connectivity index (χ0v) is 25.3. The molecule has 3 aromatic carbocycles. The fraction of sp³-hybridized carbons (Fsp3) is 0.355. The number of anilines is 1. The lowest BCUT2D eigenvalue weighted by Crippen LogP contribution is -2.54. The van der Waals surface area contributed by atoms with E-state index in [1.807, 2.05) is 32.0 Å². The summed E-state index contributed by atoms with van der Waals surface area (Å²) in [6.45, 7) is 2.80. The number of methoxy groups -OCH3 is 1. The summed E-state index contributed by atoms with van der Waals surface area (Å²) < 4.78 is 72.0. The molecule has 0 spiro atoms. The summed E-state index contributed by atoms with van der Waals surface area (Å²) in [5, 5.41) is 2.92. The Morgan fingerprint density at radius 1 is 0.953 bits per heavy atom. The summed E-state index contributed by atoms with van der Waals surface area (Å²) in [5.74, 6) is -0.708. The van der Waals surface area contributed by atoms with Crippen molar-refractivity contribution in [3.63, 3.8) is 0 Å². The van der Waals surface area contributed by atoms with Crippen LogP contribution in [0, 0.1) is 0 Å². The van der Waals surface area contributed by atoms with Gasteiger partial charge in [0.1, 0.15) is 18.3 Å². The van der Waals surface area contributed by atoms with Crippen molar-refractivity contribution in [2.24, 2.45) is 0 Å². The van der Waals surface area contributed by atoms with Gasteiger partial charge < -0.3 is 15.0 Å². The number of hydrogen-bond acceptors (Lipinski definition) is 5. The second kappa shape index (κ2) is 14.4. The number of carbonyl (C=O) groups is 2. The first-order valence-corrected chi connectivity index (χ1v) is 15.5. The highest BCUT2D eigenvalue weighted by Crippen LogP contribution is 2.32. The Hall–Kier alpha value is -4.06. The molecule has 2 unspecified atom stereocenters. The number of hydrogen-bond donors (Lipinski definition) is 1. The molecule has 0 aromatic heterocycles. The lowest BCUT2D eigenvalue weighted by atomic mass is 10.0. The summed E-state index contributed by atoms with van der Waals surface area (Å²) in [4.78, 5) is 29.1. The second-order valence-electron chi connectivity index (χ2n) is 10.2. The summed E-state index contributed by atoms with van der Waals surface area (Å²) in [6, 6.07) is 18.4. The Morgan fingerprint density at radius 2 is 1.60 bits per heavy atom. The van der Waals surface area contributed by atoms with Gasteiger partial charge in [-0.05, 0) is 54.8 Å². The van der Waals surface area contributed by atoms with Crippen molar-refractivity contribution in [2.75, 3.05) is 24.2 Å². The Kier molecular flexibility index (Phi) is 11.2. The van der Waals surface area contributed by atoms with E-state index in [2.05, 4.69) is 5.32 Å². The first-order chi connectivity index (χ1) is 20.2. The summed E-state index contributed by atoms with van der Waals surface area (Å²) in [7, 11) is -2.74. The van der Waals surface area contributed by atoms with Crippen molar-refractivity contribution in [1.29, 1.82) is 0 Å². The molecule has 232 valence electrons. The van der Waals surface area contributed by atoms with E-state index in [9.17, 15) is 31.2 Å². The monoisotopic (exact) mass is 619 g/mol. The lowest BCUT2D eigenvalue weighted by molar-refractivity contribution is -0.140. The summed E-state index contributed by atoms with van der Waals surface area (Å²) in [6.07, 6.45) is -3.17. The molecular weight excluding hydrogens is 583 g/mol. The normalized spacial score (nSPS) is 13.1. The van der Waals surface area contributed by atoms with E-state index in [4.69, 9.17) is 4.74 Å². The predicted molar refractivity (Wildman–Crippen MR) is 159 cm³/mol. The van der Waals surface area contributed by atoms with Crippen LogP contribution in [0.15, 0.2) is 78.9 Å². The molecule has 0 saturated heterocycles. The molecule has 1 N–H and O–H groups in total. The number of nitrogens with zero attached hydrogens (tertiary/aromatic N) is 2. The fourth-order valence-corrected chi connectivity index (χ4v) is 5.26. The molecule has 0 heterocycles. The van der Waals surface area contributed by atoms with Crippen LogP contribution in [0.2, 0.25) is 0 Å². The maximum absolute atomic E-state index is 14.1. The Morgan fingerprint density at radius 3 is 2.21 bits per heavy atom. The molecule has 0 fully saturated rings. The number of rotatable bonds is 13. The number of carbonyl (C=O) groups excluding carboxylic acids is 2. The molecule has 3 aromatic rings. The van der Waals surface area contributed by atoms with Crippen LogP contribution in [0.5, 0.6) is 5.75 Å². The quantitative estimate of drug-likeness (QED) is 0.290. The molecule has 12 heteroatoms. The minimum absolute atomic E-state index is 0.0956. The van der Waals surface area contributed by atoms with Crippen LogP contribution in [0.1, 0.15) is 37.0 Å². The van der Waals surface area contributed by atoms with E-state index in [1.54, 1.807) is 36.4 Å². The average molecular weight is 620 g/mol.